The summed E-state index contributed by atoms with van der Waals surface area (Å²) in [5, 5.41) is 11.8. The van der Waals surface area contributed by atoms with E-state index in [4.69, 9.17) is 5.26 Å². The molecule has 1 aromatic carbocycles. The molecule has 0 aliphatic heterocycles. The maximum absolute atomic E-state index is 8.66. The third-order valence-corrected chi connectivity index (χ3v) is 2.48. The zero-order chi connectivity index (χ0) is 11.4. The van der Waals surface area contributed by atoms with Crippen LogP contribution in [-0.4, -0.2) is 4.98 Å². The number of nitrogens with one attached hydrogen (secondary N) is 1. The molecule has 0 spiro atoms. The van der Waals surface area contributed by atoms with Gasteiger partial charge in [0.25, 0.3) is 0 Å². The lowest BCUT2D eigenvalue weighted by Crippen LogP contribution is -1.92. The molecule has 3 nitrogen and oxygen atoms in total. The van der Waals surface area contributed by atoms with E-state index in [2.05, 4.69) is 32.3 Å². The zero-order valence-electron chi connectivity index (χ0n) is 8.31. The molecular formula is C12H8BrN3. The summed E-state index contributed by atoms with van der Waals surface area (Å²) in [6, 6.07) is 13.1. The van der Waals surface area contributed by atoms with Crippen LogP contribution in [0.2, 0.25) is 0 Å². The molecule has 1 N–H and O–H groups in total. The molecule has 0 bridgehead atoms. The maximum Gasteiger partial charge on any atom is 0.130 e. The van der Waals surface area contributed by atoms with Crippen LogP contribution in [0.15, 0.2) is 47.1 Å². The average molecular weight is 274 g/mol. The molecule has 0 atom stereocenters. The van der Waals surface area contributed by atoms with Crippen LogP contribution >= 0.6 is 15.9 Å². The number of halogens is 1. The van der Waals surface area contributed by atoms with Crippen LogP contribution in [0.4, 0.5) is 11.5 Å². The van der Waals surface area contributed by atoms with E-state index in [1.165, 1.54) is 0 Å². The normalized spacial score (nSPS) is 9.50. The van der Waals surface area contributed by atoms with Crippen molar-refractivity contribution in [2.45, 2.75) is 0 Å². The van der Waals surface area contributed by atoms with E-state index in [0.717, 1.165) is 16.0 Å². The lowest BCUT2D eigenvalue weighted by Gasteiger charge is -2.04. The van der Waals surface area contributed by atoms with Crippen LogP contribution in [0.3, 0.4) is 0 Å². The van der Waals surface area contributed by atoms with Crippen molar-refractivity contribution in [2.75, 3.05) is 5.32 Å². The number of hydrogen-bond donors (Lipinski definition) is 1. The van der Waals surface area contributed by atoms with E-state index in [-0.39, 0.29) is 0 Å². The van der Waals surface area contributed by atoms with Gasteiger partial charge in [0.1, 0.15) is 5.82 Å². The van der Waals surface area contributed by atoms with Gasteiger partial charge in [-0.15, -0.1) is 0 Å². The van der Waals surface area contributed by atoms with Gasteiger partial charge in [-0.3, -0.25) is 0 Å². The fraction of sp³-hybridized carbons (Fsp3) is 0. The Bertz CT molecular complexity index is 511. The third-order valence-electron chi connectivity index (χ3n) is 2.01. The number of aromatic nitrogens is 1. The van der Waals surface area contributed by atoms with Crippen LogP contribution in [0.25, 0.3) is 0 Å². The quantitative estimate of drug-likeness (QED) is 0.912. The van der Waals surface area contributed by atoms with E-state index in [0.29, 0.717) is 5.56 Å². The minimum Gasteiger partial charge on any atom is -0.340 e. The molecule has 0 aliphatic rings. The number of anilines is 2. The van der Waals surface area contributed by atoms with E-state index < -0.39 is 0 Å². The van der Waals surface area contributed by atoms with Gasteiger partial charge in [-0.1, -0.05) is 0 Å². The standard InChI is InChI=1S/C12H8BrN3/c13-10-3-6-12(15-8-10)16-11-4-1-9(7-14)2-5-11/h1-6,8H,(H,15,16). The second-order valence-corrected chi connectivity index (χ2v) is 4.09. The van der Waals surface area contributed by atoms with Crippen LogP contribution in [0, 0.1) is 11.3 Å². The summed E-state index contributed by atoms with van der Waals surface area (Å²) in [4.78, 5) is 4.19. The SMILES string of the molecule is N#Cc1ccc(Nc2ccc(Br)cn2)cc1. The Balaban J connectivity index is 2.15. The van der Waals surface area contributed by atoms with Crippen molar-refractivity contribution in [3.05, 3.63) is 52.6 Å². The molecule has 0 unspecified atom stereocenters. The van der Waals surface area contributed by atoms with E-state index in [1.807, 2.05) is 24.3 Å². The van der Waals surface area contributed by atoms with Crippen molar-refractivity contribution in [3.8, 4) is 6.07 Å². The molecule has 0 saturated carbocycles. The van der Waals surface area contributed by atoms with Gasteiger partial charge in [0.05, 0.1) is 11.6 Å². The third kappa shape index (κ3) is 2.59. The van der Waals surface area contributed by atoms with Gasteiger partial charge in [0.2, 0.25) is 0 Å². The lowest BCUT2D eigenvalue weighted by molar-refractivity contribution is 1.29. The fourth-order valence-electron chi connectivity index (χ4n) is 1.23. The summed E-state index contributed by atoms with van der Waals surface area (Å²) in [6.45, 7) is 0. The van der Waals surface area contributed by atoms with E-state index >= 15 is 0 Å². The molecular weight excluding hydrogens is 266 g/mol. The van der Waals surface area contributed by atoms with Gasteiger partial charge < -0.3 is 5.32 Å². The monoisotopic (exact) mass is 273 g/mol. The number of nitriles is 1. The molecule has 0 aliphatic carbocycles. The molecule has 2 rings (SSSR count). The summed E-state index contributed by atoms with van der Waals surface area (Å²) in [5.74, 6) is 0.771. The van der Waals surface area contributed by atoms with Crippen molar-refractivity contribution in [1.82, 2.24) is 4.98 Å². The van der Waals surface area contributed by atoms with Crippen LogP contribution in [-0.2, 0) is 0 Å². The fourth-order valence-corrected chi connectivity index (χ4v) is 1.46. The summed E-state index contributed by atoms with van der Waals surface area (Å²) >= 11 is 3.32. The van der Waals surface area contributed by atoms with Gasteiger partial charge in [-0.05, 0) is 52.3 Å². The second-order valence-electron chi connectivity index (χ2n) is 3.18. The average Bonchev–Trinajstić information content (AvgIpc) is 2.33. The highest BCUT2D eigenvalue weighted by Crippen LogP contribution is 2.16. The molecule has 16 heavy (non-hydrogen) atoms. The summed E-state index contributed by atoms with van der Waals surface area (Å²) in [7, 11) is 0. The first-order chi connectivity index (χ1) is 7.78. The Morgan fingerprint density at radius 3 is 2.44 bits per heavy atom. The van der Waals surface area contributed by atoms with Gasteiger partial charge in [-0.2, -0.15) is 5.26 Å². The molecule has 1 heterocycles. The molecule has 0 radical (unpaired) electrons. The maximum atomic E-state index is 8.66. The van der Waals surface area contributed by atoms with Gasteiger partial charge >= 0.3 is 0 Å². The molecule has 0 saturated heterocycles. The number of rotatable bonds is 2. The molecule has 4 heteroatoms. The lowest BCUT2D eigenvalue weighted by atomic mass is 10.2. The summed E-state index contributed by atoms with van der Waals surface area (Å²) in [5.41, 5.74) is 1.56. The Hall–Kier alpha value is -1.86. The minimum absolute atomic E-state index is 0.648. The van der Waals surface area contributed by atoms with Crippen LogP contribution in [0.5, 0.6) is 0 Å². The van der Waals surface area contributed by atoms with Crippen molar-refractivity contribution < 1.29 is 0 Å². The first kappa shape index (κ1) is 10.7. The highest BCUT2D eigenvalue weighted by atomic mass is 79.9. The summed E-state index contributed by atoms with van der Waals surface area (Å²) < 4.78 is 0.942. The molecule has 0 amide bonds. The number of hydrogen-bond acceptors (Lipinski definition) is 3. The first-order valence-corrected chi connectivity index (χ1v) is 5.46. The Kier molecular flexibility index (Phi) is 3.18. The predicted octanol–water partition coefficient (Wildman–Crippen LogP) is 3.46. The van der Waals surface area contributed by atoms with Crippen molar-refractivity contribution in [1.29, 1.82) is 5.26 Å². The largest absolute Gasteiger partial charge is 0.340 e. The van der Waals surface area contributed by atoms with Crippen LogP contribution < -0.4 is 5.32 Å². The Morgan fingerprint density at radius 2 is 1.88 bits per heavy atom. The van der Waals surface area contributed by atoms with Crippen molar-refractivity contribution in [3.63, 3.8) is 0 Å². The predicted molar refractivity (Wildman–Crippen MR) is 66.4 cm³/mol. The Labute approximate surface area is 102 Å². The molecule has 0 fully saturated rings. The molecule has 1 aromatic heterocycles. The van der Waals surface area contributed by atoms with E-state index in [9.17, 15) is 0 Å². The van der Waals surface area contributed by atoms with Gasteiger partial charge in [-0.25, -0.2) is 4.98 Å². The highest BCUT2D eigenvalue weighted by Gasteiger charge is 1.96. The van der Waals surface area contributed by atoms with Crippen molar-refractivity contribution >= 4 is 27.4 Å². The Morgan fingerprint density at radius 1 is 1.12 bits per heavy atom. The molecule has 78 valence electrons. The second kappa shape index (κ2) is 4.77. The van der Waals surface area contributed by atoms with Gasteiger partial charge in [0, 0.05) is 16.4 Å². The first-order valence-electron chi connectivity index (χ1n) is 4.67. The highest BCUT2D eigenvalue weighted by molar-refractivity contribution is 9.10. The zero-order valence-corrected chi connectivity index (χ0v) is 9.90. The minimum atomic E-state index is 0.648. The molecule has 2 aromatic rings. The van der Waals surface area contributed by atoms with Crippen molar-refractivity contribution in [2.24, 2.45) is 0 Å². The van der Waals surface area contributed by atoms with Crippen LogP contribution in [0.1, 0.15) is 5.56 Å². The number of pyridine rings is 1. The van der Waals surface area contributed by atoms with E-state index in [1.54, 1.807) is 18.3 Å². The number of nitrogens with zero attached hydrogens (tertiary/aromatic N) is 2. The summed E-state index contributed by atoms with van der Waals surface area (Å²) in [6.07, 6.45) is 1.73. The smallest absolute Gasteiger partial charge is 0.130 e. The van der Waals surface area contributed by atoms with Gasteiger partial charge in [0.15, 0.2) is 0 Å². The number of benzene rings is 1. The topological polar surface area (TPSA) is 48.7 Å².